The minimum Gasteiger partial charge on any atom is -0.483 e. The Morgan fingerprint density at radius 1 is 1.31 bits per heavy atom. The predicted molar refractivity (Wildman–Crippen MR) is 59.4 cm³/mol. The molecule has 3 heteroatoms. The number of hydrogen-bond acceptors (Lipinski definition) is 2. The fraction of sp³-hybridized carbons (Fsp3) is 0.300. The molecular formula is C10H11ClOS. The molecule has 1 nitrogen and oxygen atoms in total. The molecule has 0 aromatic heterocycles. The van der Waals surface area contributed by atoms with Gasteiger partial charge >= 0.3 is 0 Å². The lowest BCUT2D eigenvalue weighted by molar-refractivity contribution is 0.315. The normalized spacial score (nSPS) is 9.62. The molecule has 0 spiro atoms. The number of benzene rings is 1. The van der Waals surface area contributed by atoms with Crippen molar-refractivity contribution in [3.8, 4) is 0 Å². The lowest BCUT2D eigenvalue weighted by atomic mass is 10.2. The zero-order valence-corrected chi connectivity index (χ0v) is 8.77. The third-order valence-corrected chi connectivity index (χ3v) is 2.14. The van der Waals surface area contributed by atoms with Crippen molar-refractivity contribution in [3.05, 3.63) is 35.9 Å². The van der Waals surface area contributed by atoms with E-state index in [1.54, 1.807) is 0 Å². The van der Waals surface area contributed by atoms with Crippen molar-refractivity contribution in [1.82, 2.24) is 0 Å². The monoisotopic (exact) mass is 214 g/mol. The molecule has 0 N–H and O–H groups in total. The summed E-state index contributed by atoms with van der Waals surface area (Å²) in [4.78, 5) is 0. The molecule has 1 rings (SSSR count). The molecule has 0 atom stereocenters. The molecule has 13 heavy (non-hydrogen) atoms. The quantitative estimate of drug-likeness (QED) is 0.433. The highest BCUT2D eigenvalue weighted by atomic mass is 35.5. The van der Waals surface area contributed by atoms with E-state index in [2.05, 4.69) is 0 Å². The Balaban J connectivity index is 2.40. The van der Waals surface area contributed by atoms with Crippen LogP contribution in [-0.2, 0) is 4.74 Å². The van der Waals surface area contributed by atoms with Gasteiger partial charge < -0.3 is 4.74 Å². The summed E-state index contributed by atoms with van der Waals surface area (Å²) in [5.41, 5.74) is 0.951. The Kier molecular flexibility index (Phi) is 4.79. The van der Waals surface area contributed by atoms with Crippen LogP contribution in [0, 0.1) is 0 Å². The van der Waals surface area contributed by atoms with E-state index in [1.165, 1.54) is 0 Å². The van der Waals surface area contributed by atoms with Crippen LogP contribution in [0.4, 0.5) is 0 Å². The van der Waals surface area contributed by atoms with Crippen molar-refractivity contribution in [1.29, 1.82) is 0 Å². The van der Waals surface area contributed by atoms with Gasteiger partial charge in [-0.1, -0.05) is 30.3 Å². The molecule has 0 bridgehead atoms. The van der Waals surface area contributed by atoms with Crippen LogP contribution in [0.15, 0.2) is 30.3 Å². The highest BCUT2D eigenvalue weighted by Gasteiger charge is 1.99. The topological polar surface area (TPSA) is 9.23 Å². The maximum atomic E-state index is 5.51. The van der Waals surface area contributed by atoms with E-state index >= 15 is 0 Å². The molecular weight excluding hydrogens is 204 g/mol. The molecule has 0 amide bonds. The number of ether oxygens (including phenoxy) is 1. The summed E-state index contributed by atoms with van der Waals surface area (Å²) >= 11 is 10.6. The van der Waals surface area contributed by atoms with E-state index in [-0.39, 0.29) is 0 Å². The van der Waals surface area contributed by atoms with Crippen LogP contribution in [0.2, 0.25) is 0 Å². The molecule has 70 valence electrons. The second-order valence-corrected chi connectivity index (χ2v) is 3.29. The molecule has 0 fully saturated rings. The Morgan fingerprint density at radius 3 is 2.62 bits per heavy atom. The van der Waals surface area contributed by atoms with Gasteiger partial charge in [0.25, 0.3) is 0 Å². The van der Waals surface area contributed by atoms with Crippen LogP contribution in [0.3, 0.4) is 0 Å². The minimum absolute atomic E-state index is 0.547. The average Bonchev–Trinajstić information content (AvgIpc) is 2.19. The highest BCUT2D eigenvalue weighted by Crippen LogP contribution is 2.03. The Hall–Kier alpha value is -0.600. The van der Waals surface area contributed by atoms with Gasteiger partial charge in [0.2, 0.25) is 0 Å². The number of halogens is 1. The van der Waals surface area contributed by atoms with Gasteiger partial charge in [0.1, 0.15) is 0 Å². The van der Waals surface area contributed by atoms with Crippen LogP contribution < -0.4 is 0 Å². The van der Waals surface area contributed by atoms with Gasteiger partial charge in [-0.25, -0.2) is 0 Å². The van der Waals surface area contributed by atoms with E-state index in [0.29, 0.717) is 17.5 Å². The number of hydrogen-bond donors (Lipinski definition) is 0. The van der Waals surface area contributed by atoms with E-state index in [0.717, 1.165) is 12.0 Å². The van der Waals surface area contributed by atoms with Crippen molar-refractivity contribution in [2.24, 2.45) is 0 Å². The Labute approximate surface area is 88.7 Å². The third kappa shape index (κ3) is 3.75. The van der Waals surface area contributed by atoms with Crippen LogP contribution in [0.25, 0.3) is 0 Å². The summed E-state index contributed by atoms with van der Waals surface area (Å²) in [7, 11) is 0. The number of rotatable bonds is 4. The van der Waals surface area contributed by atoms with Crippen LogP contribution >= 0.6 is 23.8 Å². The summed E-state index contributed by atoms with van der Waals surface area (Å²) < 4.78 is 5.32. The fourth-order valence-corrected chi connectivity index (χ4v) is 1.21. The van der Waals surface area contributed by atoms with Gasteiger partial charge in [-0.3, -0.25) is 0 Å². The van der Waals surface area contributed by atoms with Gasteiger partial charge in [0.05, 0.1) is 6.61 Å². The SMILES string of the molecule is S=C(OCCCCl)c1ccccc1. The summed E-state index contributed by atoms with van der Waals surface area (Å²) in [6.45, 7) is 0.594. The van der Waals surface area contributed by atoms with E-state index in [9.17, 15) is 0 Å². The lowest BCUT2D eigenvalue weighted by Gasteiger charge is -2.05. The van der Waals surface area contributed by atoms with Crippen molar-refractivity contribution in [2.45, 2.75) is 6.42 Å². The first-order valence-corrected chi connectivity index (χ1v) is 5.07. The molecule has 1 aromatic rings. The number of alkyl halides is 1. The molecule has 0 saturated carbocycles. The first kappa shape index (κ1) is 10.5. The van der Waals surface area contributed by atoms with Gasteiger partial charge in [0, 0.05) is 11.4 Å². The van der Waals surface area contributed by atoms with Crippen LogP contribution in [-0.4, -0.2) is 17.5 Å². The molecule has 0 aliphatic carbocycles. The largest absolute Gasteiger partial charge is 0.483 e. The lowest BCUT2D eigenvalue weighted by Crippen LogP contribution is -2.04. The maximum absolute atomic E-state index is 5.51. The maximum Gasteiger partial charge on any atom is 0.191 e. The summed E-state index contributed by atoms with van der Waals surface area (Å²) in [6, 6.07) is 9.69. The third-order valence-electron chi connectivity index (χ3n) is 1.52. The molecule has 1 aromatic carbocycles. The smallest absolute Gasteiger partial charge is 0.191 e. The van der Waals surface area contributed by atoms with Crippen molar-refractivity contribution >= 4 is 28.9 Å². The van der Waals surface area contributed by atoms with Crippen LogP contribution in [0.5, 0.6) is 0 Å². The second-order valence-electron chi connectivity index (χ2n) is 2.54. The first-order chi connectivity index (χ1) is 6.34. The van der Waals surface area contributed by atoms with E-state index in [4.69, 9.17) is 28.6 Å². The summed E-state index contributed by atoms with van der Waals surface area (Å²) in [5.74, 6) is 0.609. The van der Waals surface area contributed by atoms with Gasteiger partial charge in [-0.2, -0.15) is 0 Å². The second kappa shape index (κ2) is 5.95. The Bertz CT molecular complexity index is 261. The zero-order chi connectivity index (χ0) is 9.52. The standard InChI is InChI=1S/C10H11ClOS/c11-7-4-8-12-10(13)9-5-2-1-3-6-9/h1-3,5-6H,4,7-8H2. The summed E-state index contributed by atoms with van der Waals surface area (Å²) in [5, 5.41) is 0.547. The first-order valence-electron chi connectivity index (χ1n) is 4.12. The molecule has 0 aliphatic rings. The summed E-state index contributed by atoms with van der Waals surface area (Å²) in [6.07, 6.45) is 0.828. The molecule has 0 unspecified atom stereocenters. The van der Waals surface area contributed by atoms with Gasteiger partial charge in [-0.15, -0.1) is 11.6 Å². The van der Waals surface area contributed by atoms with Crippen molar-refractivity contribution < 1.29 is 4.74 Å². The Morgan fingerprint density at radius 2 is 2.00 bits per heavy atom. The molecule has 0 saturated heterocycles. The zero-order valence-electron chi connectivity index (χ0n) is 7.20. The average molecular weight is 215 g/mol. The van der Waals surface area contributed by atoms with Crippen LogP contribution in [0.1, 0.15) is 12.0 Å². The molecule has 0 radical (unpaired) electrons. The van der Waals surface area contributed by atoms with E-state index in [1.807, 2.05) is 30.3 Å². The fourth-order valence-electron chi connectivity index (χ4n) is 0.877. The predicted octanol–water partition coefficient (Wildman–Crippen LogP) is 3.01. The van der Waals surface area contributed by atoms with Crippen molar-refractivity contribution in [3.63, 3.8) is 0 Å². The molecule has 0 heterocycles. The van der Waals surface area contributed by atoms with E-state index < -0.39 is 0 Å². The molecule has 0 aliphatic heterocycles. The van der Waals surface area contributed by atoms with Gasteiger partial charge in [-0.05, 0) is 18.6 Å². The minimum atomic E-state index is 0.547. The highest BCUT2D eigenvalue weighted by molar-refractivity contribution is 7.80. The van der Waals surface area contributed by atoms with Gasteiger partial charge in [0.15, 0.2) is 5.05 Å². The number of thiocarbonyl (C=S) groups is 1. The van der Waals surface area contributed by atoms with Crippen molar-refractivity contribution in [2.75, 3.05) is 12.5 Å².